The zero-order chi connectivity index (χ0) is 15.6. The molecule has 1 saturated carbocycles. The van der Waals surface area contributed by atoms with Crippen LogP contribution in [0.3, 0.4) is 0 Å². The van der Waals surface area contributed by atoms with Crippen molar-refractivity contribution < 1.29 is 14.6 Å². The molecule has 0 aromatic rings. The summed E-state index contributed by atoms with van der Waals surface area (Å²) < 4.78 is 5.61. The van der Waals surface area contributed by atoms with Crippen LogP contribution in [0.4, 0.5) is 0 Å². The van der Waals surface area contributed by atoms with Crippen LogP contribution in [0.1, 0.15) is 47.5 Å². The van der Waals surface area contributed by atoms with Crippen LogP contribution < -0.4 is 11.1 Å². The highest BCUT2D eigenvalue weighted by molar-refractivity contribution is 5.88. The molecule has 0 saturated heterocycles. The van der Waals surface area contributed by atoms with Crippen LogP contribution in [0.15, 0.2) is 0 Å². The first-order valence-electron chi connectivity index (χ1n) is 7.57. The second kappa shape index (κ2) is 6.41. The predicted molar refractivity (Wildman–Crippen MR) is 79.2 cm³/mol. The summed E-state index contributed by atoms with van der Waals surface area (Å²) in [6, 6.07) is 0. The van der Waals surface area contributed by atoms with Gasteiger partial charge in [-0.05, 0) is 12.8 Å². The molecule has 0 spiro atoms. The summed E-state index contributed by atoms with van der Waals surface area (Å²) in [6.07, 6.45) is 0.892. The number of aliphatic hydroxyl groups excluding tert-OH is 1. The largest absolute Gasteiger partial charge is 0.391 e. The Hall–Kier alpha value is -0.650. The van der Waals surface area contributed by atoms with Crippen molar-refractivity contribution in [2.45, 2.75) is 65.2 Å². The van der Waals surface area contributed by atoms with Gasteiger partial charge in [0.1, 0.15) is 5.54 Å². The Kier molecular flexibility index (Phi) is 5.58. The molecule has 5 heteroatoms. The summed E-state index contributed by atoms with van der Waals surface area (Å²) in [5.74, 6) is -0.0320. The normalized spacial score (nSPS) is 31.2. The third-order valence-corrected chi connectivity index (χ3v) is 5.01. The smallest absolute Gasteiger partial charge is 0.240 e. The lowest BCUT2D eigenvalue weighted by Crippen LogP contribution is -2.76. The summed E-state index contributed by atoms with van der Waals surface area (Å²) in [6.45, 7) is 10.7. The van der Waals surface area contributed by atoms with Gasteiger partial charge in [-0.25, -0.2) is 0 Å². The zero-order valence-corrected chi connectivity index (χ0v) is 13.4. The lowest BCUT2D eigenvalue weighted by molar-refractivity contribution is -0.171. The van der Waals surface area contributed by atoms with E-state index in [-0.39, 0.29) is 24.5 Å². The van der Waals surface area contributed by atoms with Crippen molar-refractivity contribution in [3.8, 4) is 0 Å². The number of aliphatic hydroxyl groups is 1. The first-order chi connectivity index (χ1) is 9.20. The Bertz CT molecular complexity index is 346. The van der Waals surface area contributed by atoms with Crippen LogP contribution in [0.25, 0.3) is 0 Å². The molecule has 20 heavy (non-hydrogen) atoms. The molecular formula is C15H30N2O3. The molecule has 4 unspecified atom stereocenters. The minimum Gasteiger partial charge on any atom is -0.391 e. The topological polar surface area (TPSA) is 84.6 Å². The van der Waals surface area contributed by atoms with E-state index in [0.29, 0.717) is 13.0 Å². The van der Waals surface area contributed by atoms with Gasteiger partial charge < -0.3 is 20.9 Å². The standard InChI is InChI=1S/C15H30N2O3/c1-6-10(3)11(18)9-17-13(19)15(16)8-12(20-7-2)14(15,4)5/h10-12,18H,6-9,16H2,1-5H3,(H,17,19). The van der Waals surface area contributed by atoms with Crippen molar-refractivity contribution in [1.82, 2.24) is 5.32 Å². The number of amides is 1. The van der Waals surface area contributed by atoms with Crippen molar-refractivity contribution in [3.05, 3.63) is 0 Å². The number of carbonyl (C=O) groups is 1. The van der Waals surface area contributed by atoms with E-state index < -0.39 is 17.1 Å². The maximum atomic E-state index is 12.3. The molecule has 1 fully saturated rings. The minimum absolute atomic E-state index is 0.0164. The summed E-state index contributed by atoms with van der Waals surface area (Å²) in [7, 11) is 0. The summed E-state index contributed by atoms with van der Waals surface area (Å²) in [5, 5.41) is 12.7. The van der Waals surface area contributed by atoms with E-state index in [1.165, 1.54) is 0 Å². The van der Waals surface area contributed by atoms with E-state index >= 15 is 0 Å². The molecule has 4 N–H and O–H groups in total. The summed E-state index contributed by atoms with van der Waals surface area (Å²) >= 11 is 0. The van der Waals surface area contributed by atoms with Crippen LogP contribution >= 0.6 is 0 Å². The maximum absolute atomic E-state index is 12.3. The van der Waals surface area contributed by atoms with E-state index in [1.807, 2.05) is 34.6 Å². The van der Waals surface area contributed by atoms with Gasteiger partial charge in [-0.1, -0.05) is 34.1 Å². The highest BCUT2D eigenvalue weighted by atomic mass is 16.5. The molecule has 4 atom stereocenters. The Labute approximate surface area is 122 Å². The molecule has 0 aromatic carbocycles. The number of nitrogens with one attached hydrogen (secondary N) is 1. The van der Waals surface area contributed by atoms with Gasteiger partial charge in [0.2, 0.25) is 5.91 Å². The maximum Gasteiger partial charge on any atom is 0.240 e. The lowest BCUT2D eigenvalue weighted by Gasteiger charge is -2.57. The number of hydrogen-bond donors (Lipinski definition) is 3. The molecule has 0 bridgehead atoms. The second-order valence-electron chi connectivity index (χ2n) is 6.50. The van der Waals surface area contributed by atoms with E-state index in [1.54, 1.807) is 0 Å². The third-order valence-electron chi connectivity index (χ3n) is 5.01. The average Bonchev–Trinajstić information content (AvgIpc) is 2.42. The molecule has 1 aliphatic rings. The Morgan fingerprint density at radius 3 is 2.55 bits per heavy atom. The zero-order valence-electron chi connectivity index (χ0n) is 13.4. The molecule has 0 radical (unpaired) electrons. The van der Waals surface area contributed by atoms with Crippen LogP contribution in [0.2, 0.25) is 0 Å². The third kappa shape index (κ3) is 3.00. The number of carbonyl (C=O) groups excluding carboxylic acids is 1. The molecule has 0 aliphatic heterocycles. The van der Waals surface area contributed by atoms with Gasteiger partial charge in [0.15, 0.2) is 0 Å². The van der Waals surface area contributed by atoms with Crippen LogP contribution in [-0.2, 0) is 9.53 Å². The molecule has 1 amide bonds. The first kappa shape index (κ1) is 17.4. The predicted octanol–water partition coefficient (Wildman–Crippen LogP) is 1.04. The number of nitrogens with two attached hydrogens (primary N) is 1. The van der Waals surface area contributed by atoms with E-state index in [2.05, 4.69) is 5.32 Å². The molecule has 118 valence electrons. The van der Waals surface area contributed by atoms with Gasteiger partial charge in [0, 0.05) is 25.0 Å². The minimum atomic E-state index is -0.915. The van der Waals surface area contributed by atoms with Crippen molar-refractivity contribution in [3.63, 3.8) is 0 Å². The SMILES string of the molecule is CCOC1CC(N)(C(=O)NCC(O)C(C)CC)C1(C)C. The first-order valence-corrected chi connectivity index (χ1v) is 7.57. The molecule has 1 aliphatic carbocycles. The second-order valence-corrected chi connectivity index (χ2v) is 6.50. The van der Waals surface area contributed by atoms with Crippen molar-refractivity contribution in [2.75, 3.05) is 13.2 Å². The molecular weight excluding hydrogens is 256 g/mol. The molecule has 0 aromatic heterocycles. The van der Waals surface area contributed by atoms with Gasteiger partial charge in [-0.2, -0.15) is 0 Å². The highest BCUT2D eigenvalue weighted by Gasteiger charge is 2.62. The highest BCUT2D eigenvalue weighted by Crippen LogP contribution is 2.49. The van der Waals surface area contributed by atoms with Crippen molar-refractivity contribution in [2.24, 2.45) is 17.1 Å². The van der Waals surface area contributed by atoms with Crippen molar-refractivity contribution >= 4 is 5.91 Å². The van der Waals surface area contributed by atoms with E-state index in [0.717, 1.165) is 6.42 Å². The monoisotopic (exact) mass is 286 g/mol. The average molecular weight is 286 g/mol. The van der Waals surface area contributed by atoms with E-state index in [4.69, 9.17) is 10.5 Å². The van der Waals surface area contributed by atoms with Crippen LogP contribution in [0, 0.1) is 11.3 Å². The van der Waals surface area contributed by atoms with Crippen LogP contribution in [-0.4, -0.2) is 41.9 Å². The fourth-order valence-electron chi connectivity index (χ4n) is 2.65. The Balaban J connectivity index is 2.56. The molecule has 5 nitrogen and oxygen atoms in total. The van der Waals surface area contributed by atoms with Gasteiger partial charge in [0.05, 0.1) is 12.2 Å². The number of ether oxygens (including phenoxy) is 1. The van der Waals surface area contributed by atoms with Gasteiger partial charge in [-0.15, -0.1) is 0 Å². The fourth-order valence-corrected chi connectivity index (χ4v) is 2.65. The quantitative estimate of drug-likeness (QED) is 0.653. The number of rotatable bonds is 7. The molecule has 0 heterocycles. The Morgan fingerprint density at radius 2 is 2.10 bits per heavy atom. The van der Waals surface area contributed by atoms with Crippen molar-refractivity contribution in [1.29, 1.82) is 0 Å². The Morgan fingerprint density at radius 1 is 1.50 bits per heavy atom. The lowest BCUT2D eigenvalue weighted by atomic mass is 9.54. The van der Waals surface area contributed by atoms with Gasteiger partial charge >= 0.3 is 0 Å². The summed E-state index contributed by atoms with van der Waals surface area (Å²) in [4.78, 5) is 12.3. The fraction of sp³-hybridized carbons (Fsp3) is 0.933. The summed E-state index contributed by atoms with van der Waals surface area (Å²) in [5.41, 5.74) is 4.96. The van der Waals surface area contributed by atoms with E-state index in [9.17, 15) is 9.90 Å². The van der Waals surface area contributed by atoms with Gasteiger partial charge in [0.25, 0.3) is 0 Å². The number of hydrogen-bond acceptors (Lipinski definition) is 4. The van der Waals surface area contributed by atoms with Gasteiger partial charge in [-0.3, -0.25) is 4.79 Å². The van der Waals surface area contributed by atoms with Crippen LogP contribution in [0.5, 0.6) is 0 Å². The molecule has 1 rings (SSSR count).